The first kappa shape index (κ1) is 25.4. The summed E-state index contributed by atoms with van der Waals surface area (Å²) in [5.41, 5.74) is 6.99. The lowest BCUT2D eigenvalue weighted by Crippen LogP contribution is -2.26. The first-order valence-corrected chi connectivity index (χ1v) is 12.4. The Morgan fingerprint density at radius 2 is 1.50 bits per heavy atom. The smallest absolute Gasteiger partial charge is 0.407 e. The van der Waals surface area contributed by atoms with Gasteiger partial charge >= 0.3 is 6.09 Å². The van der Waals surface area contributed by atoms with Crippen LogP contribution in [0.4, 0.5) is 4.79 Å². The average molecular weight is 482 g/mol. The fourth-order valence-electron chi connectivity index (χ4n) is 4.64. The highest BCUT2D eigenvalue weighted by atomic mass is 16.5. The summed E-state index contributed by atoms with van der Waals surface area (Å²) in [4.78, 5) is 12.4. The van der Waals surface area contributed by atoms with Crippen molar-refractivity contribution < 1.29 is 14.6 Å². The summed E-state index contributed by atoms with van der Waals surface area (Å²) in [5.74, 6) is 6.23. The molecule has 0 aliphatic heterocycles. The zero-order chi connectivity index (χ0) is 26.1. The molecule has 1 amide bonds. The Labute approximate surface area is 214 Å². The van der Waals surface area contributed by atoms with Crippen LogP contribution in [-0.2, 0) is 15.6 Å². The molecule has 186 valence electrons. The highest BCUT2D eigenvalue weighted by molar-refractivity contribution is 5.79. The third-order valence-corrected chi connectivity index (χ3v) is 6.67. The lowest BCUT2D eigenvalue weighted by Gasteiger charge is -2.26. The molecule has 4 heteroatoms. The SMILES string of the molecule is CC(C)(C)c1cc(C#CCNC(=O)OCC2c3ccccc3-c3ccccc32)c(O)c(C(C)(C)C)c1. The molecule has 3 aromatic rings. The second-order valence-corrected chi connectivity index (χ2v) is 11.4. The van der Waals surface area contributed by atoms with Crippen molar-refractivity contribution in [3.05, 3.63) is 88.5 Å². The number of fused-ring (bicyclic) bond motifs is 3. The Hall–Kier alpha value is -3.71. The minimum Gasteiger partial charge on any atom is -0.506 e. The number of phenolic OH excluding ortho intramolecular Hbond substituents is 1. The third kappa shape index (κ3) is 5.26. The fraction of sp³-hybridized carbons (Fsp3) is 0.344. The fourth-order valence-corrected chi connectivity index (χ4v) is 4.64. The van der Waals surface area contributed by atoms with E-state index in [1.807, 2.05) is 30.3 Å². The standard InChI is InChI=1S/C32H35NO3/c1-31(2,3)22-18-21(29(34)28(19-22)32(4,5)6)12-11-17-33-30(35)36-20-27-25-15-9-7-13-23(25)24-14-8-10-16-26(24)27/h7-10,13-16,18-19,27,34H,17,20H2,1-6H3,(H,33,35). The van der Waals surface area contributed by atoms with E-state index in [0.717, 1.165) is 11.1 Å². The molecule has 36 heavy (non-hydrogen) atoms. The van der Waals surface area contributed by atoms with Crippen LogP contribution in [0.2, 0.25) is 0 Å². The van der Waals surface area contributed by atoms with E-state index in [-0.39, 0.29) is 35.6 Å². The van der Waals surface area contributed by atoms with Crippen molar-refractivity contribution in [2.24, 2.45) is 0 Å². The second kappa shape index (κ2) is 9.74. The molecule has 0 spiro atoms. The number of amides is 1. The Bertz CT molecular complexity index is 1300. The molecule has 3 aromatic carbocycles. The van der Waals surface area contributed by atoms with Crippen LogP contribution in [0.5, 0.6) is 5.75 Å². The highest BCUT2D eigenvalue weighted by Crippen LogP contribution is 2.44. The van der Waals surface area contributed by atoms with Gasteiger partial charge in [-0.15, -0.1) is 0 Å². The summed E-state index contributed by atoms with van der Waals surface area (Å²) in [5, 5.41) is 13.6. The number of phenols is 1. The maximum atomic E-state index is 12.4. The maximum absolute atomic E-state index is 12.4. The first-order valence-electron chi connectivity index (χ1n) is 12.4. The quantitative estimate of drug-likeness (QED) is 0.401. The van der Waals surface area contributed by atoms with Gasteiger partial charge in [0.2, 0.25) is 0 Å². The number of carbonyl (C=O) groups excluding carboxylic acids is 1. The van der Waals surface area contributed by atoms with Crippen molar-refractivity contribution in [2.75, 3.05) is 13.2 Å². The largest absolute Gasteiger partial charge is 0.506 e. The van der Waals surface area contributed by atoms with E-state index >= 15 is 0 Å². The minimum atomic E-state index is -0.505. The Morgan fingerprint density at radius 1 is 0.917 bits per heavy atom. The van der Waals surface area contributed by atoms with E-state index in [1.54, 1.807) is 0 Å². The van der Waals surface area contributed by atoms with E-state index in [0.29, 0.717) is 5.56 Å². The monoisotopic (exact) mass is 481 g/mol. The van der Waals surface area contributed by atoms with Crippen molar-refractivity contribution in [1.82, 2.24) is 5.32 Å². The number of ether oxygens (including phenoxy) is 1. The lowest BCUT2D eigenvalue weighted by atomic mass is 9.79. The van der Waals surface area contributed by atoms with Crippen molar-refractivity contribution in [3.63, 3.8) is 0 Å². The molecule has 0 saturated heterocycles. The van der Waals surface area contributed by atoms with Gasteiger partial charge in [-0.25, -0.2) is 4.79 Å². The van der Waals surface area contributed by atoms with Crippen LogP contribution in [-0.4, -0.2) is 24.4 Å². The molecular weight excluding hydrogens is 446 g/mol. The van der Waals surface area contributed by atoms with Gasteiger partial charge in [-0.2, -0.15) is 0 Å². The summed E-state index contributed by atoms with van der Waals surface area (Å²) in [6.07, 6.45) is -0.505. The van der Waals surface area contributed by atoms with Crippen molar-refractivity contribution in [2.45, 2.75) is 58.3 Å². The molecule has 0 bridgehead atoms. The number of alkyl carbamates (subject to hydrolysis) is 1. The molecule has 0 heterocycles. The predicted molar refractivity (Wildman–Crippen MR) is 145 cm³/mol. The summed E-state index contributed by atoms with van der Waals surface area (Å²) in [7, 11) is 0. The van der Waals surface area contributed by atoms with Crippen LogP contribution >= 0.6 is 0 Å². The summed E-state index contributed by atoms with van der Waals surface area (Å²) >= 11 is 0. The molecule has 0 saturated carbocycles. The molecule has 0 fully saturated rings. The number of aromatic hydroxyl groups is 1. The number of nitrogens with one attached hydrogen (secondary N) is 1. The van der Waals surface area contributed by atoms with Crippen LogP contribution in [0.15, 0.2) is 60.7 Å². The summed E-state index contributed by atoms with van der Waals surface area (Å²) in [6, 6.07) is 20.5. The van der Waals surface area contributed by atoms with E-state index < -0.39 is 6.09 Å². The van der Waals surface area contributed by atoms with Gasteiger partial charge in [-0.3, -0.25) is 0 Å². The van der Waals surface area contributed by atoms with Gasteiger partial charge in [0.25, 0.3) is 0 Å². The Kier molecular flexibility index (Phi) is 6.87. The van der Waals surface area contributed by atoms with Crippen molar-refractivity contribution >= 4 is 6.09 Å². The molecule has 0 unspecified atom stereocenters. The molecule has 1 aliphatic rings. The third-order valence-electron chi connectivity index (χ3n) is 6.67. The zero-order valence-corrected chi connectivity index (χ0v) is 22.0. The number of rotatable bonds is 3. The van der Waals surface area contributed by atoms with Crippen LogP contribution in [0.3, 0.4) is 0 Å². The van der Waals surface area contributed by atoms with Gasteiger partial charge in [0.1, 0.15) is 12.4 Å². The van der Waals surface area contributed by atoms with Crippen LogP contribution in [0.1, 0.15) is 75.3 Å². The Morgan fingerprint density at radius 3 is 2.06 bits per heavy atom. The first-order chi connectivity index (χ1) is 17.0. The van der Waals surface area contributed by atoms with Gasteiger partial charge < -0.3 is 15.2 Å². The summed E-state index contributed by atoms with van der Waals surface area (Å²) < 4.78 is 5.58. The molecule has 0 atom stereocenters. The normalized spacial score (nSPS) is 12.8. The molecule has 2 N–H and O–H groups in total. The second-order valence-electron chi connectivity index (χ2n) is 11.4. The van der Waals surface area contributed by atoms with Crippen molar-refractivity contribution in [1.29, 1.82) is 0 Å². The highest BCUT2D eigenvalue weighted by Gasteiger charge is 2.29. The van der Waals surface area contributed by atoms with Gasteiger partial charge in [0.05, 0.1) is 12.1 Å². The van der Waals surface area contributed by atoms with Gasteiger partial charge in [0.15, 0.2) is 0 Å². The van der Waals surface area contributed by atoms with E-state index in [2.05, 4.69) is 89.0 Å². The predicted octanol–water partition coefficient (Wildman–Crippen LogP) is 6.88. The lowest BCUT2D eigenvalue weighted by molar-refractivity contribution is 0.144. The maximum Gasteiger partial charge on any atom is 0.407 e. The topological polar surface area (TPSA) is 58.6 Å². The van der Waals surface area contributed by atoms with Crippen LogP contribution in [0, 0.1) is 11.8 Å². The number of carbonyl (C=O) groups is 1. The molecule has 4 nitrogen and oxygen atoms in total. The Balaban J connectivity index is 1.42. The minimum absolute atomic E-state index is 0.0159. The van der Waals surface area contributed by atoms with Crippen molar-refractivity contribution in [3.8, 4) is 28.7 Å². The zero-order valence-electron chi connectivity index (χ0n) is 22.0. The van der Waals surface area contributed by atoms with Crippen LogP contribution < -0.4 is 5.32 Å². The van der Waals surface area contributed by atoms with E-state index in [1.165, 1.54) is 22.3 Å². The molecule has 4 rings (SSSR count). The molecule has 0 radical (unpaired) electrons. The van der Waals surface area contributed by atoms with Gasteiger partial charge in [0, 0.05) is 11.5 Å². The van der Waals surface area contributed by atoms with E-state index in [4.69, 9.17) is 4.74 Å². The van der Waals surface area contributed by atoms with Gasteiger partial charge in [-0.1, -0.05) is 108 Å². The molecule has 0 aromatic heterocycles. The van der Waals surface area contributed by atoms with Gasteiger partial charge in [-0.05, 0) is 44.7 Å². The molecular formula is C32H35NO3. The number of hydrogen-bond acceptors (Lipinski definition) is 3. The number of hydrogen-bond donors (Lipinski definition) is 2. The van der Waals surface area contributed by atoms with Crippen LogP contribution in [0.25, 0.3) is 11.1 Å². The average Bonchev–Trinajstić information content (AvgIpc) is 3.13. The molecule has 1 aliphatic carbocycles. The van der Waals surface area contributed by atoms with E-state index in [9.17, 15) is 9.90 Å². The summed E-state index contributed by atoms with van der Waals surface area (Å²) in [6.45, 7) is 13.0. The number of benzene rings is 3.